The van der Waals surface area contributed by atoms with E-state index in [0.29, 0.717) is 11.4 Å². The number of alkyl halides is 1. The Morgan fingerprint density at radius 2 is 2.00 bits per heavy atom. The van der Waals surface area contributed by atoms with Gasteiger partial charge in [-0.3, -0.25) is 4.79 Å². The summed E-state index contributed by atoms with van der Waals surface area (Å²) in [5.41, 5.74) is 0.952. The Hall–Kier alpha value is -0.540. The van der Waals surface area contributed by atoms with E-state index in [2.05, 4.69) is 15.9 Å². The predicted molar refractivity (Wildman–Crippen MR) is 55.5 cm³/mol. The number of benzene rings is 1. The number of hydrogen-bond acceptors (Lipinski definition) is 1. The van der Waals surface area contributed by atoms with Crippen LogP contribution < -0.4 is 0 Å². The van der Waals surface area contributed by atoms with Crippen LogP contribution in [0.4, 0.5) is 0 Å². The van der Waals surface area contributed by atoms with E-state index in [4.69, 9.17) is 16.7 Å². The standard InChI is InChI=1S/C9H8BrClO2/c10-8(9(12)13)5-6-1-3-7(11)4-2-6/h1-4,8H,5H2,(H,12,13). The molecular formula is C9H8BrClO2. The minimum absolute atomic E-state index is 0.465. The molecule has 2 nitrogen and oxygen atoms in total. The third-order valence-electron chi connectivity index (χ3n) is 1.60. The summed E-state index contributed by atoms with van der Waals surface area (Å²) in [7, 11) is 0. The van der Waals surface area contributed by atoms with Crippen molar-refractivity contribution in [2.75, 3.05) is 0 Å². The predicted octanol–water partition coefficient (Wildman–Crippen LogP) is 2.73. The monoisotopic (exact) mass is 262 g/mol. The van der Waals surface area contributed by atoms with Crippen molar-refractivity contribution >= 4 is 33.5 Å². The second kappa shape index (κ2) is 4.63. The summed E-state index contributed by atoms with van der Waals surface area (Å²) in [4.78, 5) is 9.96. The lowest BCUT2D eigenvalue weighted by atomic mass is 10.1. The van der Waals surface area contributed by atoms with Gasteiger partial charge in [-0.15, -0.1) is 0 Å². The summed E-state index contributed by atoms with van der Waals surface area (Å²) < 4.78 is 0. The van der Waals surface area contributed by atoms with Crippen LogP contribution in [0.3, 0.4) is 0 Å². The molecule has 1 rings (SSSR count). The second-order valence-corrected chi connectivity index (χ2v) is 4.18. The fourth-order valence-electron chi connectivity index (χ4n) is 0.915. The zero-order valence-electron chi connectivity index (χ0n) is 6.71. The van der Waals surface area contributed by atoms with Crippen LogP contribution >= 0.6 is 27.5 Å². The number of rotatable bonds is 3. The summed E-state index contributed by atoms with van der Waals surface area (Å²) in [5, 5.41) is 9.28. The molecule has 0 saturated carbocycles. The molecular weight excluding hydrogens is 255 g/mol. The largest absolute Gasteiger partial charge is 0.480 e. The Balaban J connectivity index is 2.64. The number of carboxylic acids is 1. The molecule has 0 radical (unpaired) electrons. The van der Waals surface area contributed by atoms with Crippen LogP contribution in [-0.4, -0.2) is 15.9 Å². The molecule has 1 atom stereocenters. The van der Waals surface area contributed by atoms with Crippen LogP contribution in [-0.2, 0) is 11.2 Å². The van der Waals surface area contributed by atoms with Gasteiger partial charge in [0.1, 0.15) is 4.83 Å². The zero-order valence-corrected chi connectivity index (χ0v) is 9.05. The van der Waals surface area contributed by atoms with E-state index in [0.717, 1.165) is 5.56 Å². The molecule has 0 amide bonds. The highest BCUT2D eigenvalue weighted by atomic mass is 79.9. The molecule has 0 fully saturated rings. The van der Waals surface area contributed by atoms with Crippen LogP contribution in [0, 0.1) is 0 Å². The van der Waals surface area contributed by atoms with Gasteiger partial charge in [-0.25, -0.2) is 0 Å². The molecule has 70 valence electrons. The molecule has 0 aromatic heterocycles. The van der Waals surface area contributed by atoms with Gasteiger partial charge < -0.3 is 5.11 Å². The minimum atomic E-state index is -0.852. The smallest absolute Gasteiger partial charge is 0.317 e. The van der Waals surface area contributed by atoms with Gasteiger partial charge in [-0.05, 0) is 24.1 Å². The Morgan fingerprint density at radius 1 is 1.46 bits per heavy atom. The quantitative estimate of drug-likeness (QED) is 0.852. The molecule has 0 saturated heterocycles. The van der Waals surface area contributed by atoms with Crippen molar-refractivity contribution in [3.8, 4) is 0 Å². The highest BCUT2D eigenvalue weighted by molar-refractivity contribution is 9.10. The van der Waals surface area contributed by atoms with Crippen LogP contribution in [0.1, 0.15) is 5.56 Å². The summed E-state index contributed by atoms with van der Waals surface area (Å²) in [6.45, 7) is 0. The van der Waals surface area contributed by atoms with E-state index >= 15 is 0 Å². The lowest BCUT2D eigenvalue weighted by molar-refractivity contribution is -0.136. The maximum atomic E-state index is 10.5. The molecule has 0 aliphatic rings. The van der Waals surface area contributed by atoms with Crippen LogP contribution in [0.2, 0.25) is 5.02 Å². The van der Waals surface area contributed by atoms with Crippen LogP contribution in [0.25, 0.3) is 0 Å². The number of carboxylic acid groups (broad SMARTS) is 1. The third kappa shape index (κ3) is 3.36. The SMILES string of the molecule is O=C(O)C(Br)Cc1ccc(Cl)cc1. The van der Waals surface area contributed by atoms with Crippen LogP contribution in [0.5, 0.6) is 0 Å². The first kappa shape index (κ1) is 10.5. The third-order valence-corrected chi connectivity index (χ3v) is 2.56. The molecule has 1 unspecified atom stereocenters. The van der Waals surface area contributed by atoms with Crippen molar-refractivity contribution in [1.82, 2.24) is 0 Å². The van der Waals surface area contributed by atoms with E-state index < -0.39 is 10.8 Å². The Bertz CT molecular complexity index is 297. The summed E-state index contributed by atoms with van der Waals surface area (Å²) in [6.07, 6.45) is 0.465. The van der Waals surface area contributed by atoms with Gasteiger partial charge >= 0.3 is 5.97 Å². The first-order valence-corrected chi connectivity index (χ1v) is 5.00. The number of aliphatic carboxylic acids is 1. The molecule has 13 heavy (non-hydrogen) atoms. The highest BCUT2D eigenvalue weighted by Crippen LogP contribution is 2.13. The average molecular weight is 264 g/mol. The maximum Gasteiger partial charge on any atom is 0.317 e. The van der Waals surface area contributed by atoms with E-state index in [1.54, 1.807) is 12.1 Å². The van der Waals surface area contributed by atoms with Gasteiger partial charge in [0, 0.05) is 5.02 Å². The maximum absolute atomic E-state index is 10.5. The minimum Gasteiger partial charge on any atom is -0.480 e. The Kier molecular flexibility index (Phi) is 3.75. The van der Waals surface area contributed by atoms with Gasteiger partial charge in [-0.2, -0.15) is 0 Å². The topological polar surface area (TPSA) is 37.3 Å². The van der Waals surface area contributed by atoms with E-state index in [9.17, 15) is 4.79 Å². The Morgan fingerprint density at radius 3 is 2.46 bits per heavy atom. The number of halogens is 2. The van der Waals surface area contributed by atoms with E-state index in [1.165, 1.54) is 0 Å². The Labute approximate surface area is 89.7 Å². The highest BCUT2D eigenvalue weighted by Gasteiger charge is 2.12. The first-order valence-electron chi connectivity index (χ1n) is 3.71. The van der Waals surface area contributed by atoms with Crippen molar-refractivity contribution in [1.29, 1.82) is 0 Å². The lowest BCUT2D eigenvalue weighted by Crippen LogP contribution is -2.15. The van der Waals surface area contributed by atoms with Gasteiger partial charge in [0.25, 0.3) is 0 Å². The molecule has 0 aliphatic carbocycles. The number of hydrogen-bond donors (Lipinski definition) is 1. The molecule has 1 aromatic carbocycles. The van der Waals surface area contributed by atoms with Gasteiger partial charge in [0.15, 0.2) is 0 Å². The molecule has 4 heteroatoms. The van der Waals surface area contributed by atoms with Crippen molar-refractivity contribution in [3.05, 3.63) is 34.9 Å². The lowest BCUT2D eigenvalue weighted by Gasteiger charge is -2.03. The normalized spacial score (nSPS) is 12.5. The van der Waals surface area contributed by atoms with Crippen molar-refractivity contribution < 1.29 is 9.90 Å². The average Bonchev–Trinajstić information content (AvgIpc) is 2.08. The summed E-state index contributed by atoms with van der Waals surface area (Å²) >= 11 is 8.75. The van der Waals surface area contributed by atoms with Crippen molar-refractivity contribution in [3.63, 3.8) is 0 Å². The van der Waals surface area contributed by atoms with Crippen LogP contribution in [0.15, 0.2) is 24.3 Å². The summed E-state index contributed by atoms with van der Waals surface area (Å²) in [5.74, 6) is -0.852. The molecule has 0 bridgehead atoms. The second-order valence-electron chi connectivity index (χ2n) is 2.64. The zero-order chi connectivity index (χ0) is 9.84. The molecule has 0 heterocycles. The van der Waals surface area contributed by atoms with Gasteiger partial charge in [-0.1, -0.05) is 39.7 Å². The molecule has 0 spiro atoms. The van der Waals surface area contributed by atoms with Crippen molar-refractivity contribution in [2.24, 2.45) is 0 Å². The summed E-state index contributed by atoms with van der Waals surface area (Å²) in [6, 6.07) is 7.13. The molecule has 1 N–H and O–H groups in total. The van der Waals surface area contributed by atoms with Gasteiger partial charge in [0.05, 0.1) is 0 Å². The van der Waals surface area contributed by atoms with Crippen molar-refractivity contribution in [2.45, 2.75) is 11.2 Å². The number of carbonyl (C=O) groups is 1. The van der Waals surface area contributed by atoms with E-state index in [-0.39, 0.29) is 0 Å². The van der Waals surface area contributed by atoms with Gasteiger partial charge in [0.2, 0.25) is 0 Å². The molecule has 0 aliphatic heterocycles. The fraction of sp³-hybridized carbons (Fsp3) is 0.222. The fourth-order valence-corrected chi connectivity index (χ4v) is 1.41. The van der Waals surface area contributed by atoms with E-state index in [1.807, 2.05) is 12.1 Å². The first-order chi connectivity index (χ1) is 6.09. The molecule has 1 aromatic rings.